The Bertz CT molecular complexity index is 922. The van der Waals surface area contributed by atoms with E-state index in [0.29, 0.717) is 23.0 Å². The number of aryl methyl sites for hydroxylation is 1. The molecule has 0 unspecified atom stereocenters. The molecule has 7 heteroatoms. The Hall–Kier alpha value is -3.35. The summed E-state index contributed by atoms with van der Waals surface area (Å²) in [7, 11) is 0. The second-order valence-corrected chi connectivity index (χ2v) is 5.57. The topological polar surface area (TPSA) is 78.3 Å². The lowest BCUT2D eigenvalue weighted by Crippen LogP contribution is -2.40. The Morgan fingerprint density at radius 3 is 2.80 bits per heavy atom. The molecule has 2 aromatic heterocycles. The number of benzene rings is 1. The van der Waals surface area contributed by atoms with Gasteiger partial charge in [0, 0.05) is 18.6 Å². The molecular weight excluding hydrogens is 320 g/mol. The van der Waals surface area contributed by atoms with Crippen LogP contribution < -0.4 is 14.8 Å². The van der Waals surface area contributed by atoms with Crippen LogP contribution in [0, 0.1) is 6.92 Å². The minimum absolute atomic E-state index is 0.155. The summed E-state index contributed by atoms with van der Waals surface area (Å²) in [6.45, 7) is 2.03. The first kappa shape index (κ1) is 15.2. The Balaban J connectivity index is 1.56. The van der Waals surface area contributed by atoms with Crippen molar-refractivity contribution in [2.45, 2.75) is 13.0 Å². The lowest BCUT2D eigenvalue weighted by Gasteiger charge is -2.25. The van der Waals surface area contributed by atoms with Crippen molar-refractivity contribution < 1.29 is 14.3 Å². The van der Waals surface area contributed by atoms with Gasteiger partial charge in [-0.1, -0.05) is 12.1 Å². The van der Waals surface area contributed by atoms with Crippen molar-refractivity contribution in [3.8, 4) is 17.3 Å². The second kappa shape index (κ2) is 6.27. The molecule has 7 nitrogen and oxygen atoms in total. The smallest absolute Gasteiger partial charge is 0.269 e. The predicted octanol–water partition coefficient (Wildman–Crippen LogP) is 2.35. The Morgan fingerprint density at radius 1 is 1.16 bits per heavy atom. The van der Waals surface area contributed by atoms with Crippen molar-refractivity contribution in [3.05, 3.63) is 60.8 Å². The van der Waals surface area contributed by atoms with Gasteiger partial charge in [0.15, 0.2) is 17.3 Å². The molecule has 126 valence electrons. The summed E-state index contributed by atoms with van der Waals surface area (Å²) in [4.78, 5) is 21.2. The zero-order chi connectivity index (χ0) is 17.2. The Labute approximate surface area is 144 Å². The van der Waals surface area contributed by atoms with Gasteiger partial charge in [0.2, 0.25) is 6.10 Å². The SMILES string of the molecule is Cc1nccn1-c1ncccc1NC(=O)[C@H]1COc2ccccc2O1. The number of carbonyl (C=O) groups excluding carboxylic acids is 1. The molecule has 0 fully saturated rings. The van der Waals surface area contributed by atoms with Gasteiger partial charge in [-0.25, -0.2) is 9.97 Å². The number of nitrogens with zero attached hydrogens (tertiary/aromatic N) is 3. The molecule has 0 saturated carbocycles. The number of para-hydroxylation sites is 2. The van der Waals surface area contributed by atoms with Gasteiger partial charge in [0.05, 0.1) is 5.69 Å². The van der Waals surface area contributed by atoms with E-state index in [1.54, 1.807) is 36.8 Å². The fourth-order valence-electron chi connectivity index (χ4n) is 2.65. The number of imidazole rings is 1. The van der Waals surface area contributed by atoms with Crippen molar-refractivity contribution >= 4 is 11.6 Å². The third-order valence-corrected chi connectivity index (χ3v) is 3.90. The lowest BCUT2D eigenvalue weighted by molar-refractivity contribution is -0.125. The molecule has 1 aromatic carbocycles. The molecule has 1 aliphatic rings. The summed E-state index contributed by atoms with van der Waals surface area (Å²) in [6, 6.07) is 10.8. The molecule has 25 heavy (non-hydrogen) atoms. The van der Waals surface area contributed by atoms with E-state index < -0.39 is 6.10 Å². The molecule has 1 amide bonds. The van der Waals surface area contributed by atoms with E-state index >= 15 is 0 Å². The lowest BCUT2D eigenvalue weighted by atomic mass is 10.2. The van der Waals surface area contributed by atoms with Gasteiger partial charge in [0.1, 0.15) is 12.4 Å². The van der Waals surface area contributed by atoms with Crippen LogP contribution in [0.25, 0.3) is 5.82 Å². The minimum Gasteiger partial charge on any atom is -0.485 e. The van der Waals surface area contributed by atoms with Crippen molar-refractivity contribution in [2.24, 2.45) is 0 Å². The zero-order valence-electron chi connectivity index (χ0n) is 13.5. The van der Waals surface area contributed by atoms with Gasteiger partial charge in [-0.2, -0.15) is 0 Å². The average molecular weight is 336 g/mol. The van der Waals surface area contributed by atoms with Gasteiger partial charge in [-0.05, 0) is 31.2 Å². The third kappa shape index (κ3) is 2.91. The summed E-state index contributed by atoms with van der Waals surface area (Å²) >= 11 is 0. The fraction of sp³-hybridized carbons (Fsp3) is 0.167. The highest BCUT2D eigenvalue weighted by Gasteiger charge is 2.28. The largest absolute Gasteiger partial charge is 0.485 e. The van der Waals surface area contributed by atoms with Gasteiger partial charge >= 0.3 is 0 Å². The quantitative estimate of drug-likeness (QED) is 0.794. The summed E-state index contributed by atoms with van der Waals surface area (Å²) in [5, 5.41) is 2.87. The number of anilines is 1. The number of aromatic nitrogens is 3. The summed E-state index contributed by atoms with van der Waals surface area (Å²) in [6.07, 6.45) is 4.42. The van der Waals surface area contributed by atoms with E-state index in [2.05, 4.69) is 15.3 Å². The van der Waals surface area contributed by atoms with Crippen LogP contribution in [0.3, 0.4) is 0 Å². The predicted molar refractivity (Wildman–Crippen MR) is 91.1 cm³/mol. The minimum atomic E-state index is -0.730. The van der Waals surface area contributed by atoms with E-state index in [9.17, 15) is 4.79 Å². The third-order valence-electron chi connectivity index (χ3n) is 3.90. The molecule has 0 saturated heterocycles. The number of nitrogens with one attached hydrogen (secondary N) is 1. The van der Waals surface area contributed by atoms with E-state index in [1.807, 2.05) is 29.7 Å². The van der Waals surface area contributed by atoms with E-state index in [0.717, 1.165) is 5.82 Å². The zero-order valence-corrected chi connectivity index (χ0v) is 13.5. The summed E-state index contributed by atoms with van der Waals surface area (Å²) < 4.78 is 13.2. The molecule has 0 aliphatic carbocycles. The first-order valence-corrected chi connectivity index (χ1v) is 7.87. The van der Waals surface area contributed by atoms with E-state index in [-0.39, 0.29) is 12.5 Å². The Morgan fingerprint density at radius 2 is 2.00 bits per heavy atom. The number of hydrogen-bond acceptors (Lipinski definition) is 5. The maximum Gasteiger partial charge on any atom is 0.269 e. The van der Waals surface area contributed by atoms with Crippen LogP contribution >= 0.6 is 0 Å². The number of hydrogen-bond donors (Lipinski definition) is 1. The molecule has 1 N–H and O–H groups in total. The number of carbonyl (C=O) groups is 1. The summed E-state index contributed by atoms with van der Waals surface area (Å²) in [5.41, 5.74) is 0.580. The highest BCUT2D eigenvalue weighted by Crippen LogP contribution is 2.31. The van der Waals surface area contributed by atoms with Crippen LogP contribution in [-0.4, -0.2) is 33.2 Å². The molecule has 3 aromatic rings. The first-order chi connectivity index (χ1) is 12.2. The van der Waals surface area contributed by atoms with Crippen LogP contribution in [0.1, 0.15) is 5.82 Å². The average Bonchev–Trinajstić information content (AvgIpc) is 3.07. The molecule has 3 heterocycles. The van der Waals surface area contributed by atoms with Crippen molar-refractivity contribution in [2.75, 3.05) is 11.9 Å². The maximum atomic E-state index is 12.6. The van der Waals surface area contributed by atoms with E-state index in [1.165, 1.54) is 0 Å². The van der Waals surface area contributed by atoms with Crippen LogP contribution in [-0.2, 0) is 4.79 Å². The molecule has 4 rings (SSSR count). The number of ether oxygens (including phenoxy) is 2. The number of rotatable bonds is 3. The van der Waals surface area contributed by atoms with Crippen molar-refractivity contribution in [1.82, 2.24) is 14.5 Å². The molecule has 1 aliphatic heterocycles. The van der Waals surface area contributed by atoms with E-state index in [4.69, 9.17) is 9.47 Å². The highest BCUT2D eigenvalue weighted by molar-refractivity contribution is 5.96. The van der Waals surface area contributed by atoms with Crippen molar-refractivity contribution in [1.29, 1.82) is 0 Å². The molecule has 0 radical (unpaired) electrons. The Kier molecular flexibility index (Phi) is 3.81. The van der Waals surface area contributed by atoms with Gasteiger partial charge in [0.25, 0.3) is 5.91 Å². The normalized spacial score (nSPS) is 15.6. The standard InChI is InChI=1S/C18H16N4O3/c1-12-19-9-10-22(12)17-13(5-4-8-20-17)21-18(23)16-11-24-14-6-2-3-7-15(14)25-16/h2-10,16H,11H2,1H3,(H,21,23)/t16-/m1/s1. The van der Waals surface area contributed by atoms with Gasteiger partial charge in [-0.15, -0.1) is 0 Å². The van der Waals surface area contributed by atoms with Crippen molar-refractivity contribution in [3.63, 3.8) is 0 Å². The highest BCUT2D eigenvalue weighted by atomic mass is 16.6. The van der Waals surface area contributed by atoms with Crippen LogP contribution in [0.2, 0.25) is 0 Å². The van der Waals surface area contributed by atoms with Crippen LogP contribution in [0.15, 0.2) is 55.0 Å². The second-order valence-electron chi connectivity index (χ2n) is 5.57. The fourth-order valence-corrected chi connectivity index (χ4v) is 2.65. The summed E-state index contributed by atoms with van der Waals surface area (Å²) in [5.74, 6) is 2.29. The van der Waals surface area contributed by atoms with Crippen LogP contribution in [0.4, 0.5) is 5.69 Å². The maximum absolute atomic E-state index is 12.6. The number of pyridine rings is 1. The monoisotopic (exact) mass is 336 g/mol. The van der Waals surface area contributed by atoms with Gasteiger partial charge < -0.3 is 14.8 Å². The molecule has 1 atom stereocenters. The van der Waals surface area contributed by atoms with Gasteiger partial charge in [-0.3, -0.25) is 9.36 Å². The number of amides is 1. The molecule has 0 spiro atoms. The molecular formula is C18H16N4O3. The van der Waals surface area contributed by atoms with Crippen LogP contribution in [0.5, 0.6) is 11.5 Å². The first-order valence-electron chi connectivity index (χ1n) is 7.87. The molecule has 0 bridgehead atoms. The number of fused-ring (bicyclic) bond motifs is 1.